The SMILES string of the molecule is Cc1ccc(C(CN)NC(C)CCO)cc1C. The van der Waals surface area contributed by atoms with Gasteiger partial charge in [0.15, 0.2) is 0 Å². The van der Waals surface area contributed by atoms with Crippen LogP contribution in [0.2, 0.25) is 0 Å². The molecule has 3 nitrogen and oxygen atoms in total. The summed E-state index contributed by atoms with van der Waals surface area (Å²) in [6.45, 7) is 7.07. The highest BCUT2D eigenvalue weighted by Crippen LogP contribution is 2.17. The van der Waals surface area contributed by atoms with Gasteiger partial charge in [-0.15, -0.1) is 0 Å². The number of nitrogens with one attached hydrogen (secondary N) is 1. The van der Waals surface area contributed by atoms with Crippen LogP contribution >= 0.6 is 0 Å². The molecule has 0 fully saturated rings. The highest BCUT2D eigenvalue weighted by Gasteiger charge is 2.12. The number of hydrogen-bond acceptors (Lipinski definition) is 3. The predicted octanol–water partition coefficient (Wildman–Crippen LogP) is 1.66. The molecule has 1 aromatic rings. The first-order valence-corrected chi connectivity index (χ1v) is 6.22. The summed E-state index contributed by atoms with van der Waals surface area (Å²) in [5.74, 6) is 0. The van der Waals surface area contributed by atoms with E-state index in [1.807, 2.05) is 0 Å². The second kappa shape index (κ2) is 6.74. The van der Waals surface area contributed by atoms with Crippen LogP contribution in [0.15, 0.2) is 18.2 Å². The van der Waals surface area contributed by atoms with Crippen LogP contribution in [0.3, 0.4) is 0 Å². The molecule has 3 heteroatoms. The monoisotopic (exact) mass is 236 g/mol. The van der Waals surface area contributed by atoms with E-state index >= 15 is 0 Å². The van der Waals surface area contributed by atoms with Crippen molar-refractivity contribution in [3.8, 4) is 0 Å². The summed E-state index contributed by atoms with van der Waals surface area (Å²) < 4.78 is 0. The van der Waals surface area contributed by atoms with E-state index < -0.39 is 0 Å². The summed E-state index contributed by atoms with van der Waals surface area (Å²) in [6, 6.07) is 6.88. The molecule has 0 spiro atoms. The fourth-order valence-corrected chi connectivity index (χ4v) is 1.90. The first-order valence-electron chi connectivity index (χ1n) is 6.22. The van der Waals surface area contributed by atoms with Crippen molar-refractivity contribution < 1.29 is 5.11 Å². The van der Waals surface area contributed by atoms with Crippen molar-refractivity contribution in [3.05, 3.63) is 34.9 Å². The zero-order valence-electron chi connectivity index (χ0n) is 11.0. The normalized spacial score (nSPS) is 14.6. The molecule has 0 aliphatic carbocycles. The van der Waals surface area contributed by atoms with Crippen LogP contribution in [0.25, 0.3) is 0 Å². The largest absolute Gasteiger partial charge is 0.396 e. The summed E-state index contributed by atoms with van der Waals surface area (Å²) in [7, 11) is 0. The van der Waals surface area contributed by atoms with E-state index in [1.165, 1.54) is 16.7 Å². The van der Waals surface area contributed by atoms with Gasteiger partial charge in [0, 0.05) is 25.2 Å². The van der Waals surface area contributed by atoms with Gasteiger partial charge in [-0.25, -0.2) is 0 Å². The molecule has 4 N–H and O–H groups in total. The van der Waals surface area contributed by atoms with Crippen molar-refractivity contribution >= 4 is 0 Å². The van der Waals surface area contributed by atoms with Crippen LogP contribution in [0.5, 0.6) is 0 Å². The molecule has 1 rings (SSSR count). The highest BCUT2D eigenvalue weighted by atomic mass is 16.3. The number of benzene rings is 1. The Bertz CT molecular complexity index is 352. The third kappa shape index (κ3) is 4.11. The van der Waals surface area contributed by atoms with Crippen molar-refractivity contribution in [3.63, 3.8) is 0 Å². The van der Waals surface area contributed by atoms with Gasteiger partial charge in [-0.1, -0.05) is 18.2 Å². The zero-order valence-corrected chi connectivity index (χ0v) is 11.0. The number of hydrogen-bond donors (Lipinski definition) is 3. The minimum Gasteiger partial charge on any atom is -0.396 e. The Morgan fingerprint density at radius 2 is 2.00 bits per heavy atom. The summed E-state index contributed by atoms with van der Waals surface area (Å²) in [5.41, 5.74) is 9.62. The Morgan fingerprint density at radius 3 is 2.53 bits per heavy atom. The van der Waals surface area contributed by atoms with Gasteiger partial charge < -0.3 is 16.2 Å². The van der Waals surface area contributed by atoms with Crippen molar-refractivity contribution in [1.29, 1.82) is 0 Å². The zero-order chi connectivity index (χ0) is 12.8. The number of aliphatic hydroxyl groups excluding tert-OH is 1. The van der Waals surface area contributed by atoms with Crippen molar-refractivity contribution in [1.82, 2.24) is 5.32 Å². The third-order valence-corrected chi connectivity index (χ3v) is 3.22. The molecule has 0 saturated carbocycles. The Morgan fingerprint density at radius 1 is 1.29 bits per heavy atom. The minimum absolute atomic E-state index is 0.163. The van der Waals surface area contributed by atoms with Gasteiger partial charge in [-0.3, -0.25) is 0 Å². The van der Waals surface area contributed by atoms with Gasteiger partial charge in [0.1, 0.15) is 0 Å². The summed E-state index contributed by atoms with van der Waals surface area (Å²) in [5, 5.41) is 12.3. The molecule has 0 heterocycles. The third-order valence-electron chi connectivity index (χ3n) is 3.22. The lowest BCUT2D eigenvalue weighted by Crippen LogP contribution is -2.35. The van der Waals surface area contributed by atoms with Gasteiger partial charge >= 0.3 is 0 Å². The maximum atomic E-state index is 8.90. The number of rotatable bonds is 6. The van der Waals surface area contributed by atoms with Crippen LogP contribution in [0, 0.1) is 13.8 Å². The molecule has 96 valence electrons. The molecular formula is C14H24N2O. The average molecular weight is 236 g/mol. The molecule has 1 aromatic carbocycles. The Labute approximate surface area is 104 Å². The van der Waals surface area contributed by atoms with Crippen molar-refractivity contribution in [2.75, 3.05) is 13.2 Å². The fourth-order valence-electron chi connectivity index (χ4n) is 1.90. The molecule has 0 aliphatic rings. The fraction of sp³-hybridized carbons (Fsp3) is 0.571. The number of aliphatic hydroxyl groups is 1. The molecule has 2 atom stereocenters. The lowest BCUT2D eigenvalue weighted by Gasteiger charge is -2.22. The van der Waals surface area contributed by atoms with Crippen molar-refractivity contribution in [2.45, 2.75) is 39.3 Å². The molecule has 0 aromatic heterocycles. The lowest BCUT2D eigenvalue weighted by atomic mass is 10.0. The smallest absolute Gasteiger partial charge is 0.0446 e. The number of aryl methyl sites for hydroxylation is 2. The van der Waals surface area contributed by atoms with E-state index in [0.717, 1.165) is 6.42 Å². The van der Waals surface area contributed by atoms with Crippen LogP contribution < -0.4 is 11.1 Å². The first-order chi connectivity index (χ1) is 8.08. The molecule has 2 unspecified atom stereocenters. The van der Waals surface area contributed by atoms with Crippen LogP contribution in [-0.2, 0) is 0 Å². The van der Waals surface area contributed by atoms with E-state index in [4.69, 9.17) is 10.8 Å². The first kappa shape index (κ1) is 14.2. The second-order valence-corrected chi connectivity index (χ2v) is 4.71. The van der Waals surface area contributed by atoms with Gasteiger partial charge in [-0.2, -0.15) is 0 Å². The maximum Gasteiger partial charge on any atom is 0.0446 e. The summed E-state index contributed by atoms with van der Waals surface area (Å²) in [6.07, 6.45) is 0.751. The topological polar surface area (TPSA) is 58.3 Å². The molecule has 0 saturated heterocycles. The summed E-state index contributed by atoms with van der Waals surface area (Å²) >= 11 is 0. The molecule has 0 amide bonds. The quantitative estimate of drug-likeness (QED) is 0.704. The van der Waals surface area contributed by atoms with Crippen LogP contribution in [0.4, 0.5) is 0 Å². The van der Waals surface area contributed by atoms with E-state index in [0.29, 0.717) is 6.54 Å². The molecule has 0 aliphatic heterocycles. The summed E-state index contributed by atoms with van der Waals surface area (Å²) in [4.78, 5) is 0. The average Bonchev–Trinajstić information content (AvgIpc) is 2.30. The highest BCUT2D eigenvalue weighted by molar-refractivity contribution is 5.31. The molecule has 0 radical (unpaired) electrons. The van der Waals surface area contributed by atoms with Gasteiger partial charge in [0.2, 0.25) is 0 Å². The standard InChI is InChI=1S/C14H24N2O/c1-10-4-5-13(8-11(10)2)14(9-15)16-12(3)6-7-17/h4-5,8,12,14,16-17H,6-7,9,15H2,1-3H3. The Kier molecular flexibility index (Phi) is 5.62. The van der Waals surface area contributed by atoms with Gasteiger partial charge in [-0.05, 0) is 43.9 Å². The Balaban J connectivity index is 2.75. The molecular weight excluding hydrogens is 212 g/mol. The van der Waals surface area contributed by atoms with Gasteiger partial charge in [0.05, 0.1) is 0 Å². The van der Waals surface area contributed by atoms with E-state index in [9.17, 15) is 0 Å². The minimum atomic E-state index is 0.163. The molecule has 0 bridgehead atoms. The van der Waals surface area contributed by atoms with E-state index in [2.05, 4.69) is 44.3 Å². The van der Waals surface area contributed by atoms with E-state index in [-0.39, 0.29) is 18.7 Å². The van der Waals surface area contributed by atoms with Crippen LogP contribution in [-0.4, -0.2) is 24.3 Å². The Hall–Kier alpha value is -0.900. The second-order valence-electron chi connectivity index (χ2n) is 4.71. The maximum absolute atomic E-state index is 8.90. The lowest BCUT2D eigenvalue weighted by molar-refractivity contribution is 0.263. The van der Waals surface area contributed by atoms with Crippen molar-refractivity contribution in [2.24, 2.45) is 5.73 Å². The predicted molar refractivity (Wildman–Crippen MR) is 72.0 cm³/mol. The molecule has 17 heavy (non-hydrogen) atoms. The number of nitrogens with two attached hydrogens (primary N) is 1. The van der Waals surface area contributed by atoms with Crippen LogP contribution in [0.1, 0.15) is 36.1 Å². The van der Waals surface area contributed by atoms with E-state index in [1.54, 1.807) is 0 Å². The van der Waals surface area contributed by atoms with Gasteiger partial charge in [0.25, 0.3) is 0 Å².